The summed E-state index contributed by atoms with van der Waals surface area (Å²) in [6, 6.07) is 5.87. The third-order valence-corrected chi connectivity index (χ3v) is 5.06. The molecule has 4 nitrogen and oxygen atoms in total. The zero-order chi connectivity index (χ0) is 18.2. The number of Topliss-reactive ketones (excluding diaryl/α,β-unsaturated/α-hetero) is 1. The van der Waals surface area contributed by atoms with Gasteiger partial charge in [0, 0.05) is 23.3 Å². The maximum absolute atomic E-state index is 12.6. The average Bonchev–Trinajstić information content (AvgIpc) is 2.90. The molecule has 1 amide bonds. The highest BCUT2D eigenvalue weighted by Crippen LogP contribution is 2.37. The number of hydrogen-bond donors (Lipinski definition) is 1. The minimum absolute atomic E-state index is 0.0549. The van der Waals surface area contributed by atoms with Crippen LogP contribution in [0.4, 0.5) is 18.2 Å². The molecular formula is C17H11F3N2O2S. The fourth-order valence-corrected chi connectivity index (χ4v) is 3.87. The third-order valence-electron chi connectivity index (χ3n) is 3.92. The molecule has 0 spiro atoms. The average molecular weight is 364 g/mol. The van der Waals surface area contributed by atoms with Gasteiger partial charge in [0.25, 0.3) is 5.91 Å². The van der Waals surface area contributed by atoms with Gasteiger partial charge in [-0.15, -0.1) is 11.3 Å². The second kappa shape index (κ2) is 6.33. The van der Waals surface area contributed by atoms with Crippen LogP contribution >= 0.6 is 11.3 Å². The summed E-state index contributed by atoms with van der Waals surface area (Å²) in [4.78, 5) is 24.6. The second-order valence-electron chi connectivity index (χ2n) is 5.56. The number of fused-ring (bicyclic) bond motifs is 1. The van der Waals surface area contributed by atoms with E-state index in [2.05, 4.69) is 5.32 Å². The van der Waals surface area contributed by atoms with E-state index in [1.165, 1.54) is 11.3 Å². The summed E-state index contributed by atoms with van der Waals surface area (Å²) in [6.07, 6.45) is -3.40. The molecule has 0 saturated heterocycles. The van der Waals surface area contributed by atoms with E-state index in [-0.39, 0.29) is 17.8 Å². The van der Waals surface area contributed by atoms with Crippen LogP contribution in [0.1, 0.15) is 38.3 Å². The normalized spacial score (nSPS) is 13.9. The van der Waals surface area contributed by atoms with Crippen molar-refractivity contribution in [3.8, 4) is 6.07 Å². The molecule has 0 saturated carbocycles. The number of anilines is 1. The van der Waals surface area contributed by atoms with E-state index < -0.39 is 17.6 Å². The van der Waals surface area contributed by atoms with Crippen LogP contribution in [-0.2, 0) is 23.8 Å². The summed E-state index contributed by atoms with van der Waals surface area (Å²) >= 11 is 1.17. The molecule has 1 N–H and O–H groups in total. The minimum Gasteiger partial charge on any atom is -0.312 e. The fraction of sp³-hybridized carbons (Fsp3) is 0.235. The third kappa shape index (κ3) is 3.42. The number of amides is 1. The number of benzene rings is 1. The van der Waals surface area contributed by atoms with E-state index in [1.54, 1.807) is 0 Å². The van der Waals surface area contributed by atoms with E-state index in [4.69, 9.17) is 0 Å². The molecule has 0 unspecified atom stereocenters. The van der Waals surface area contributed by atoms with Gasteiger partial charge in [-0.2, -0.15) is 18.4 Å². The number of rotatable bonds is 2. The highest BCUT2D eigenvalue weighted by atomic mass is 32.1. The molecule has 25 heavy (non-hydrogen) atoms. The molecule has 0 bridgehead atoms. The number of nitrogens with one attached hydrogen (secondary N) is 1. The van der Waals surface area contributed by atoms with E-state index >= 15 is 0 Å². The van der Waals surface area contributed by atoms with Crippen LogP contribution in [-0.4, -0.2) is 11.7 Å². The number of nitrogens with zero attached hydrogens (tertiary/aromatic N) is 1. The van der Waals surface area contributed by atoms with Gasteiger partial charge < -0.3 is 5.32 Å². The van der Waals surface area contributed by atoms with Crippen LogP contribution in [0.15, 0.2) is 24.3 Å². The molecule has 128 valence electrons. The van der Waals surface area contributed by atoms with Crippen molar-refractivity contribution in [3.05, 3.63) is 51.4 Å². The van der Waals surface area contributed by atoms with Crippen LogP contribution in [0.5, 0.6) is 0 Å². The van der Waals surface area contributed by atoms with Gasteiger partial charge >= 0.3 is 6.18 Å². The van der Waals surface area contributed by atoms with Gasteiger partial charge in [-0.25, -0.2) is 0 Å². The SMILES string of the molecule is N#Cc1c(NC(=O)c2ccc(C(F)(F)F)cc2)sc2c1CCC(=O)C2. The summed E-state index contributed by atoms with van der Waals surface area (Å²) < 4.78 is 37.7. The molecule has 1 heterocycles. The summed E-state index contributed by atoms with van der Waals surface area (Å²) in [5, 5.41) is 12.2. The Morgan fingerprint density at radius 1 is 1.20 bits per heavy atom. The lowest BCUT2D eigenvalue weighted by Crippen LogP contribution is -2.13. The first kappa shape index (κ1) is 17.2. The molecule has 0 radical (unpaired) electrons. The molecule has 1 aliphatic carbocycles. The Kier molecular flexibility index (Phi) is 4.35. The summed E-state index contributed by atoms with van der Waals surface area (Å²) in [5.74, 6) is -0.519. The lowest BCUT2D eigenvalue weighted by Gasteiger charge is -2.09. The van der Waals surface area contributed by atoms with Crippen LogP contribution in [0, 0.1) is 11.3 Å². The molecule has 0 atom stereocenters. The number of carbonyl (C=O) groups is 2. The van der Waals surface area contributed by atoms with Gasteiger partial charge in [0.15, 0.2) is 0 Å². The van der Waals surface area contributed by atoms with Crippen molar-refractivity contribution >= 4 is 28.0 Å². The van der Waals surface area contributed by atoms with Crippen LogP contribution in [0.2, 0.25) is 0 Å². The van der Waals surface area contributed by atoms with Gasteiger partial charge in [0.2, 0.25) is 0 Å². The molecule has 3 rings (SSSR count). The number of thiophene rings is 1. The molecule has 1 aromatic heterocycles. The smallest absolute Gasteiger partial charge is 0.312 e. The molecule has 1 aromatic carbocycles. The minimum atomic E-state index is -4.47. The molecular weight excluding hydrogens is 353 g/mol. The Hall–Kier alpha value is -2.66. The topological polar surface area (TPSA) is 70.0 Å². The lowest BCUT2D eigenvalue weighted by atomic mass is 9.95. The van der Waals surface area contributed by atoms with Gasteiger partial charge in [0.05, 0.1) is 11.1 Å². The van der Waals surface area contributed by atoms with Crippen molar-refractivity contribution in [1.82, 2.24) is 0 Å². The largest absolute Gasteiger partial charge is 0.416 e. The van der Waals surface area contributed by atoms with Crippen molar-refractivity contribution in [1.29, 1.82) is 5.26 Å². The highest BCUT2D eigenvalue weighted by Gasteiger charge is 2.30. The predicted octanol–water partition coefficient (Wildman–Crippen LogP) is 3.95. The van der Waals surface area contributed by atoms with Crippen molar-refractivity contribution < 1.29 is 22.8 Å². The van der Waals surface area contributed by atoms with E-state index in [9.17, 15) is 28.0 Å². The summed E-state index contributed by atoms with van der Waals surface area (Å²) in [6.45, 7) is 0. The van der Waals surface area contributed by atoms with E-state index in [0.29, 0.717) is 23.4 Å². The first-order valence-corrected chi connectivity index (χ1v) is 8.16. The first-order valence-electron chi connectivity index (χ1n) is 7.34. The Morgan fingerprint density at radius 3 is 2.48 bits per heavy atom. The lowest BCUT2D eigenvalue weighted by molar-refractivity contribution is -0.137. The monoisotopic (exact) mass is 364 g/mol. The quantitative estimate of drug-likeness (QED) is 0.877. The number of nitriles is 1. The zero-order valence-corrected chi connectivity index (χ0v) is 13.6. The van der Waals surface area contributed by atoms with Crippen molar-refractivity contribution in [2.75, 3.05) is 5.32 Å². The van der Waals surface area contributed by atoms with Crippen molar-refractivity contribution in [2.24, 2.45) is 0 Å². The van der Waals surface area contributed by atoms with Gasteiger partial charge in [-0.1, -0.05) is 0 Å². The highest BCUT2D eigenvalue weighted by molar-refractivity contribution is 7.16. The second-order valence-corrected chi connectivity index (χ2v) is 6.67. The maximum atomic E-state index is 12.6. The molecule has 8 heteroatoms. The Balaban J connectivity index is 1.84. The fourth-order valence-electron chi connectivity index (χ4n) is 2.64. The molecule has 2 aromatic rings. The number of halogens is 3. The van der Waals surface area contributed by atoms with Crippen molar-refractivity contribution in [2.45, 2.75) is 25.4 Å². The van der Waals surface area contributed by atoms with Crippen LogP contribution in [0.3, 0.4) is 0 Å². The van der Waals surface area contributed by atoms with Gasteiger partial charge in [0.1, 0.15) is 16.9 Å². The summed E-state index contributed by atoms with van der Waals surface area (Å²) in [5.41, 5.74) is 0.314. The van der Waals surface area contributed by atoms with Crippen molar-refractivity contribution in [3.63, 3.8) is 0 Å². The zero-order valence-electron chi connectivity index (χ0n) is 12.7. The van der Waals surface area contributed by atoms with E-state index in [0.717, 1.165) is 34.7 Å². The first-order chi connectivity index (χ1) is 11.8. The predicted molar refractivity (Wildman–Crippen MR) is 85.5 cm³/mol. The number of ketones is 1. The molecule has 0 aliphatic heterocycles. The number of carbonyl (C=O) groups excluding carboxylic acids is 2. The van der Waals surface area contributed by atoms with Gasteiger partial charge in [-0.05, 0) is 36.2 Å². The Morgan fingerprint density at radius 2 is 1.88 bits per heavy atom. The van der Waals surface area contributed by atoms with E-state index in [1.807, 2.05) is 6.07 Å². The molecule has 1 aliphatic rings. The van der Waals surface area contributed by atoms with Gasteiger partial charge in [-0.3, -0.25) is 9.59 Å². The van der Waals surface area contributed by atoms with Crippen LogP contribution < -0.4 is 5.32 Å². The summed E-state index contributed by atoms with van der Waals surface area (Å²) in [7, 11) is 0. The Bertz CT molecular complexity index is 892. The Labute approximate surface area is 144 Å². The maximum Gasteiger partial charge on any atom is 0.416 e. The number of alkyl halides is 3. The van der Waals surface area contributed by atoms with Crippen LogP contribution in [0.25, 0.3) is 0 Å². The standard InChI is InChI=1S/C17H11F3N2O2S/c18-17(19,20)10-3-1-9(2-4-10)15(24)22-16-13(8-21)12-6-5-11(23)7-14(12)25-16/h1-4H,5-7H2,(H,22,24). The number of hydrogen-bond acceptors (Lipinski definition) is 4. The molecule has 0 fully saturated rings.